The van der Waals surface area contributed by atoms with E-state index in [1.165, 1.54) is 0 Å². The summed E-state index contributed by atoms with van der Waals surface area (Å²) in [5.74, 6) is 0.120. The molecule has 0 aromatic heterocycles. The van der Waals surface area contributed by atoms with Crippen LogP contribution in [-0.4, -0.2) is 44.2 Å². The van der Waals surface area contributed by atoms with Crippen LogP contribution < -0.4 is 16.4 Å². The molecule has 0 heterocycles. The average molecular weight is 230 g/mol. The quantitative estimate of drug-likeness (QED) is 0.324. The number of hydrogen-bond donors (Lipinski definition) is 3. The molecule has 6 heteroatoms. The Kier molecular flexibility index (Phi) is 7.28. The molecule has 0 saturated carbocycles. The number of amides is 1. The zero-order valence-electron chi connectivity index (χ0n) is 10.4. The van der Waals surface area contributed by atoms with Crippen molar-refractivity contribution in [1.82, 2.24) is 10.6 Å². The van der Waals surface area contributed by atoms with Crippen LogP contribution in [0, 0.1) is 0 Å². The van der Waals surface area contributed by atoms with Crippen molar-refractivity contribution in [2.45, 2.75) is 32.9 Å². The summed E-state index contributed by atoms with van der Waals surface area (Å²) in [7, 11) is 1.58. The molecule has 4 N–H and O–H groups in total. The van der Waals surface area contributed by atoms with Gasteiger partial charge in [0.05, 0.1) is 6.61 Å². The van der Waals surface area contributed by atoms with Crippen molar-refractivity contribution in [2.75, 3.05) is 20.3 Å². The second kappa shape index (κ2) is 7.92. The molecule has 0 bridgehead atoms. The Labute approximate surface area is 96.6 Å². The summed E-state index contributed by atoms with van der Waals surface area (Å²) in [5.41, 5.74) is 5.60. The molecule has 1 amide bonds. The number of guanidine groups is 1. The summed E-state index contributed by atoms with van der Waals surface area (Å²) in [6, 6.07) is -0.296. The topological polar surface area (TPSA) is 88.7 Å². The maximum absolute atomic E-state index is 11.5. The summed E-state index contributed by atoms with van der Waals surface area (Å²) in [4.78, 5) is 15.5. The molecule has 0 aliphatic heterocycles. The molecule has 16 heavy (non-hydrogen) atoms. The van der Waals surface area contributed by atoms with Crippen LogP contribution in [-0.2, 0) is 9.53 Å². The smallest absolute Gasteiger partial charge is 0.244 e. The lowest BCUT2D eigenvalue weighted by atomic mass is 10.3. The third kappa shape index (κ3) is 7.05. The van der Waals surface area contributed by atoms with Crippen molar-refractivity contribution in [3.05, 3.63) is 0 Å². The maximum Gasteiger partial charge on any atom is 0.244 e. The molecule has 1 unspecified atom stereocenters. The molecule has 0 aliphatic rings. The van der Waals surface area contributed by atoms with Crippen LogP contribution in [0.1, 0.15) is 20.8 Å². The Morgan fingerprint density at radius 3 is 2.56 bits per heavy atom. The van der Waals surface area contributed by atoms with E-state index in [-0.39, 0.29) is 17.9 Å². The first-order valence-corrected chi connectivity index (χ1v) is 5.33. The fourth-order valence-corrected chi connectivity index (χ4v) is 1.02. The van der Waals surface area contributed by atoms with Crippen molar-refractivity contribution >= 4 is 11.9 Å². The highest BCUT2D eigenvalue weighted by molar-refractivity contribution is 5.86. The van der Waals surface area contributed by atoms with E-state index in [0.29, 0.717) is 13.2 Å². The Morgan fingerprint density at radius 1 is 1.44 bits per heavy atom. The molecule has 94 valence electrons. The van der Waals surface area contributed by atoms with Gasteiger partial charge in [0.25, 0.3) is 0 Å². The number of aliphatic imine (C=N–C) groups is 1. The first kappa shape index (κ1) is 14.7. The highest BCUT2D eigenvalue weighted by atomic mass is 16.5. The summed E-state index contributed by atoms with van der Waals surface area (Å²) < 4.78 is 4.82. The fraction of sp³-hybridized carbons (Fsp3) is 0.800. The van der Waals surface area contributed by atoms with Gasteiger partial charge in [0.15, 0.2) is 5.96 Å². The molecule has 0 fully saturated rings. The first-order chi connectivity index (χ1) is 7.47. The number of hydrogen-bond acceptors (Lipinski definition) is 3. The molecule has 6 nitrogen and oxygen atoms in total. The number of nitrogens with zero attached hydrogens (tertiary/aromatic N) is 1. The van der Waals surface area contributed by atoms with E-state index in [4.69, 9.17) is 10.5 Å². The Hall–Kier alpha value is -1.30. The zero-order valence-corrected chi connectivity index (χ0v) is 10.4. The van der Waals surface area contributed by atoms with E-state index in [0.717, 1.165) is 0 Å². The molecule has 0 aromatic carbocycles. The highest BCUT2D eigenvalue weighted by Gasteiger charge is 2.11. The number of methoxy groups -OCH3 is 1. The van der Waals surface area contributed by atoms with Crippen LogP contribution in [0.25, 0.3) is 0 Å². The molecule has 1 atom stereocenters. The minimum atomic E-state index is -0.497. The van der Waals surface area contributed by atoms with Gasteiger partial charge in [-0.25, -0.2) is 4.99 Å². The second-order valence-corrected chi connectivity index (χ2v) is 3.77. The SMILES string of the molecule is COCCNC(=O)C(C)N=C(N)NC(C)C. The highest BCUT2D eigenvalue weighted by Crippen LogP contribution is 1.89. The normalized spacial score (nSPS) is 13.7. The Balaban J connectivity index is 4.02. The van der Waals surface area contributed by atoms with Gasteiger partial charge in [-0.1, -0.05) is 0 Å². The molecular weight excluding hydrogens is 208 g/mol. The monoisotopic (exact) mass is 230 g/mol. The van der Waals surface area contributed by atoms with Gasteiger partial charge in [-0.15, -0.1) is 0 Å². The predicted octanol–water partition coefficient (Wildman–Crippen LogP) is -0.550. The Bertz CT molecular complexity index is 241. The molecule has 0 spiro atoms. The van der Waals surface area contributed by atoms with Crippen molar-refractivity contribution in [1.29, 1.82) is 0 Å². The van der Waals surface area contributed by atoms with E-state index < -0.39 is 6.04 Å². The minimum absolute atomic E-state index is 0.162. The third-order valence-corrected chi connectivity index (χ3v) is 1.75. The largest absolute Gasteiger partial charge is 0.383 e. The molecular formula is C10H22N4O2. The summed E-state index contributed by atoms with van der Waals surface area (Å²) in [6.45, 7) is 6.56. The minimum Gasteiger partial charge on any atom is -0.383 e. The molecule has 0 aromatic rings. The fourth-order valence-electron chi connectivity index (χ4n) is 1.02. The van der Waals surface area contributed by atoms with Crippen LogP contribution in [0.5, 0.6) is 0 Å². The van der Waals surface area contributed by atoms with Crippen LogP contribution >= 0.6 is 0 Å². The molecule has 0 aliphatic carbocycles. The van der Waals surface area contributed by atoms with Gasteiger partial charge < -0.3 is 21.1 Å². The lowest BCUT2D eigenvalue weighted by molar-refractivity contribution is -0.122. The van der Waals surface area contributed by atoms with Crippen LogP contribution in [0.2, 0.25) is 0 Å². The second-order valence-electron chi connectivity index (χ2n) is 3.77. The number of carbonyl (C=O) groups excluding carboxylic acids is 1. The number of nitrogens with one attached hydrogen (secondary N) is 2. The van der Waals surface area contributed by atoms with E-state index in [1.807, 2.05) is 13.8 Å². The van der Waals surface area contributed by atoms with Gasteiger partial charge >= 0.3 is 0 Å². The summed E-state index contributed by atoms with van der Waals surface area (Å²) >= 11 is 0. The summed E-state index contributed by atoms with van der Waals surface area (Å²) in [6.07, 6.45) is 0. The molecule has 0 saturated heterocycles. The number of ether oxygens (including phenoxy) is 1. The molecule has 0 radical (unpaired) electrons. The van der Waals surface area contributed by atoms with Crippen LogP contribution in [0.15, 0.2) is 4.99 Å². The standard InChI is InChI=1S/C10H22N4O2/c1-7(2)13-10(11)14-8(3)9(15)12-5-6-16-4/h7-8H,5-6H2,1-4H3,(H,12,15)(H3,11,13,14). The summed E-state index contributed by atoms with van der Waals surface area (Å²) in [5, 5.41) is 5.61. The molecule has 0 rings (SSSR count). The van der Waals surface area contributed by atoms with Gasteiger partial charge in [0, 0.05) is 19.7 Å². The van der Waals surface area contributed by atoms with Gasteiger partial charge in [0.1, 0.15) is 6.04 Å². The lowest BCUT2D eigenvalue weighted by Crippen LogP contribution is -2.40. The zero-order chi connectivity index (χ0) is 12.6. The van der Waals surface area contributed by atoms with Crippen LogP contribution in [0.4, 0.5) is 0 Å². The van der Waals surface area contributed by atoms with Crippen molar-refractivity contribution in [3.8, 4) is 0 Å². The first-order valence-electron chi connectivity index (χ1n) is 5.33. The van der Waals surface area contributed by atoms with Gasteiger partial charge in [-0.3, -0.25) is 4.79 Å². The van der Waals surface area contributed by atoms with E-state index in [2.05, 4.69) is 15.6 Å². The third-order valence-electron chi connectivity index (χ3n) is 1.75. The van der Waals surface area contributed by atoms with Crippen molar-refractivity contribution < 1.29 is 9.53 Å². The van der Waals surface area contributed by atoms with Gasteiger partial charge in [-0.05, 0) is 20.8 Å². The number of rotatable bonds is 6. The van der Waals surface area contributed by atoms with Crippen molar-refractivity contribution in [3.63, 3.8) is 0 Å². The van der Waals surface area contributed by atoms with E-state index in [9.17, 15) is 4.79 Å². The maximum atomic E-state index is 11.5. The number of carbonyl (C=O) groups is 1. The number of nitrogens with two attached hydrogens (primary N) is 1. The van der Waals surface area contributed by atoms with Crippen LogP contribution in [0.3, 0.4) is 0 Å². The average Bonchev–Trinajstić information content (AvgIpc) is 2.16. The predicted molar refractivity (Wildman–Crippen MR) is 64.2 cm³/mol. The van der Waals surface area contributed by atoms with Gasteiger partial charge in [0.2, 0.25) is 5.91 Å². The Morgan fingerprint density at radius 2 is 2.06 bits per heavy atom. The van der Waals surface area contributed by atoms with Crippen molar-refractivity contribution in [2.24, 2.45) is 10.7 Å². The van der Waals surface area contributed by atoms with E-state index in [1.54, 1.807) is 14.0 Å². The lowest BCUT2D eigenvalue weighted by Gasteiger charge is -2.12. The van der Waals surface area contributed by atoms with E-state index >= 15 is 0 Å². The van der Waals surface area contributed by atoms with Gasteiger partial charge in [-0.2, -0.15) is 0 Å².